The van der Waals surface area contributed by atoms with Crippen molar-refractivity contribution in [1.29, 1.82) is 5.41 Å². The second kappa shape index (κ2) is 7.97. The van der Waals surface area contributed by atoms with Crippen LogP contribution in [-0.2, 0) is 4.74 Å². The molecule has 30 heavy (non-hydrogen) atoms. The van der Waals surface area contributed by atoms with Crippen LogP contribution in [-0.4, -0.2) is 65.2 Å². The predicted octanol–water partition coefficient (Wildman–Crippen LogP) is 3.37. The van der Waals surface area contributed by atoms with Gasteiger partial charge in [0.1, 0.15) is 5.60 Å². The van der Waals surface area contributed by atoms with Gasteiger partial charge in [-0.1, -0.05) is 6.07 Å². The van der Waals surface area contributed by atoms with Gasteiger partial charge in [0.2, 0.25) is 0 Å². The van der Waals surface area contributed by atoms with E-state index in [4.69, 9.17) is 14.7 Å². The summed E-state index contributed by atoms with van der Waals surface area (Å²) < 4.78 is 11.0. The molecule has 1 aliphatic carbocycles. The van der Waals surface area contributed by atoms with E-state index >= 15 is 0 Å². The number of amides is 1. The van der Waals surface area contributed by atoms with Gasteiger partial charge < -0.3 is 29.8 Å². The van der Waals surface area contributed by atoms with E-state index in [1.807, 2.05) is 43.9 Å². The Bertz CT molecular complexity index is 929. The molecule has 9 heteroatoms. The molecule has 1 aliphatic heterocycles. The van der Waals surface area contributed by atoms with Crippen molar-refractivity contribution < 1.29 is 14.1 Å². The van der Waals surface area contributed by atoms with Crippen LogP contribution in [0, 0.1) is 5.41 Å². The van der Waals surface area contributed by atoms with Gasteiger partial charge in [0.15, 0.2) is 0 Å². The first-order valence-corrected chi connectivity index (χ1v) is 10.3. The molecule has 160 valence electrons. The first-order chi connectivity index (χ1) is 14.4. The minimum atomic E-state index is -0.257. The molecule has 1 saturated heterocycles. The Kier molecular flexibility index (Phi) is 5.36. The summed E-state index contributed by atoms with van der Waals surface area (Å²) in [5.74, 6) is 0.943. The molecule has 2 N–H and O–H groups in total. The van der Waals surface area contributed by atoms with Crippen LogP contribution < -0.4 is 10.2 Å². The van der Waals surface area contributed by atoms with Crippen LogP contribution in [0.3, 0.4) is 0 Å². The van der Waals surface area contributed by atoms with E-state index in [0.29, 0.717) is 38.0 Å². The van der Waals surface area contributed by atoms with Crippen molar-refractivity contribution in [3.05, 3.63) is 23.8 Å². The predicted molar refractivity (Wildman–Crippen MR) is 114 cm³/mol. The average Bonchev–Trinajstić information content (AvgIpc) is 3.25. The number of nitrogens with one attached hydrogen (secondary N) is 2. The topological polar surface area (TPSA) is 108 Å². The molecule has 1 saturated carbocycles. The quantitative estimate of drug-likeness (QED) is 0.701. The molecule has 1 amide bonds. The number of ether oxygens (including phenoxy) is 1. The zero-order valence-electron chi connectivity index (χ0n) is 17.6. The summed E-state index contributed by atoms with van der Waals surface area (Å²) in [6, 6.07) is 5.89. The van der Waals surface area contributed by atoms with Crippen LogP contribution in [0.4, 0.5) is 16.4 Å². The number of piperazine rings is 1. The largest absolute Gasteiger partial charge is 0.443 e. The number of benzene rings is 1. The molecular weight excluding hydrogens is 384 g/mol. The molecule has 2 heterocycles. The standard InChI is InChI=1S/C21H28N6O3/c1-14(2)23-17-12-15(4-5-16(17)13-22)18-24-19(25-30-18)26-8-10-27(11-9-26)20(28)29-21(3)6-7-21/h4-5,12-14,22-23H,6-11H2,1-3H3. The van der Waals surface area contributed by atoms with E-state index < -0.39 is 0 Å². The lowest BCUT2D eigenvalue weighted by Gasteiger charge is -2.33. The van der Waals surface area contributed by atoms with Crippen molar-refractivity contribution in [3.8, 4) is 11.5 Å². The molecule has 0 bridgehead atoms. The maximum absolute atomic E-state index is 12.3. The van der Waals surface area contributed by atoms with Crippen LogP contribution in [0.2, 0.25) is 0 Å². The van der Waals surface area contributed by atoms with E-state index in [1.54, 1.807) is 4.90 Å². The minimum absolute atomic E-state index is 0.236. The number of hydrogen-bond acceptors (Lipinski definition) is 8. The fourth-order valence-corrected chi connectivity index (χ4v) is 3.36. The number of anilines is 2. The highest BCUT2D eigenvalue weighted by molar-refractivity contribution is 5.87. The number of carbonyl (C=O) groups excluding carboxylic acids is 1. The van der Waals surface area contributed by atoms with Gasteiger partial charge in [-0.3, -0.25) is 0 Å². The van der Waals surface area contributed by atoms with E-state index in [-0.39, 0.29) is 17.7 Å². The van der Waals surface area contributed by atoms with Gasteiger partial charge in [0, 0.05) is 55.2 Å². The smallest absolute Gasteiger partial charge is 0.410 e. The Hall–Kier alpha value is -3.10. The van der Waals surface area contributed by atoms with Crippen molar-refractivity contribution in [2.75, 3.05) is 36.4 Å². The zero-order valence-corrected chi connectivity index (χ0v) is 17.6. The molecule has 2 fully saturated rings. The van der Waals surface area contributed by atoms with Crippen molar-refractivity contribution in [2.45, 2.75) is 45.3 Å². The maximum Gasteiger partial charge on any atom is 0.410 e. The number of rotatable bonds is 6. The molecule has 4 rings (SSSR count). The summed E-state index contributed by atoms with van der Waals surface area (Å²) in [7, 11) is 0. The molecule has 2 aromatic rings. The summed E-state index contributed by atoms with van der Waals surface area (Å²) >= 11 is 0. The minimum Gasteiger partial charge on any atom is -0.443 e. The molecule has 0 radical (unpaired) electrons. The first kappa shape index (κ1) is 20.2. The highest BCUT2D eigenvalue weighted by atomic mass is 16.6. The molecule has 9 nitrogen and oxygen atoms in total. The van der Waals surface area contributed by atoms with Crippen molar-refractivity contribution >= 4 is 23.9 Å². The van der Waals surface area contributed by atoms with E-state index in [0.717, 1.165) is 29.7 Å². The fraction of sp³-hybridized carbons (Fsp3) is 0.524. The van der Waals surface area contributed by atoms with Gasteiger partial charge in [-0.05, 0) is 50.9 Å². The van der Waals surface area contributed by atoms with Crippen LogP contribution >= 0.6 is 0 Å². The molecule has 2 aliphatic rings. The number of nitrogens with zero attached hydrogens (tertiary/aromatic N) is 4. The van der Waals surface area contributed by atoms with E-state index in [9.17, 15) is 4.79 Å². The Balaban J connectivity index is 1.41. The lowest BCUT2D eigenvalue weighted by atomic mass is 10.1. The third-order valence-electron chi connectivity index (χ3n) is 5.42. The Morgan fingerprint density at radius 2 is 2.03 bits per heavy atom. The number of carbonyl (C=O) groups is 1. The van der Waals surface area contributed by atoms with Gasteiger partial charge >= 0.3 is 6.09 Å². The summed E-state index contributed by atoms with van der Waals surface area (Å²) in [6.07, 6.45) is 2.97. The highest BCUT2D eigenvalue weighted by Gasteiger charge is 2.43. The van der Waals surface area contributed by atoms with Gasteiger partial charge in [0.05, 0.1) is 0 Å². The zero-order chi connectivity index (χ0) is 21.3. The second-order valence-corrected chi connectivity index (χ2v) is 8.44. The molecule has 1 aromatic carbocycles. The highest BCUT2D eigenvalue weighted by Crippen LogP contribution is 2.39. The van der Waals surface area contributed by atoms with Gasteiger partial charge in [-0.15, -0.1) is 0 Å². The van der Waals surface area contributed by atoms with Crippen LogP contribution in [0.25, 0.3) is 11.5 Å². The average molecular weight is 412 g/mol. The molecule has 0 spiro atoms. The summed E-state index contributed by atoms with van der Waals surface area (Å²) in [4.78, 5) is 20.6. The second-order valence-electron chi connectivity index (χ2n) is 8.44. The van der Waals surface area contributed by atoms with Crippen molar-refractivity contribution in [3.63, 3.8) is 0 Å². The Morgan fingerprint density at radius 3 is 2.67 bits per heavy atom. The normalized spacial score (nSPS) is 17.7. The van der Waals surface area contributed by atoms with E-state index in [1.165, 1.54) is 6.21 Å². The first-order valence-electron chi connectivity index (χ1n) is 10.3. The van der Waals surface area contributed by atoms with Crippen LogP contribution in [0.1, 0.15) is 39.2 Å². The molecule has 0 atom stereocenters. The SMILES string of the molecule is CC(C)Nc1cc(-c2nc(N3CCN(C(=O)OC4(C)CC4)CC3)no2)ccc1C=N. The molecule has 0 unspecified atom stereocenters. The van der Waals surface area contributed by atoms with E-state index in [2.05, 4.69) is 15.5 Å². The van der Waals surface area contributed by atoms with Crippen molar-refractivity contribution in [2.24, 2.45) is 0 Å². The third kappa shape index (κ3) is 4.39. The Morgan fingerprint density at radius 1 is 1.30 bits per heavy atom. The lowest BCUT2D eigenvalue weighted by Crippen LogP contribution is -2.49. The van der Waals surface area contributed by atoms with Gasteiger partial charge in [0.25, 0.3) is 11.8 Å². The lowest BCUT2D eigenvalue weighted by molar-refractivity contribution is 0.0570. The number of aromatic nitrogens is 2. The van der Waals surface area contributed by atoms with Gasteiger partial charge in [-0.25, -0.2) is 4.79 Å². The monoisotopic (exact) mass is 412 g/mol. The molecule has 1 aromatic heterocycles. The summed E-state index contributed by atoms with van der Waals surface area (Å²) in [5, 5.41) is 15.0. The number of hydrogen-bond donors (Lipinski definition) is 2. The summed E-state index contributed by atoms with van der Waals surface area (Å²) in [6.45, 7) is 8.44. The van der Waals surface area contributed by atoms with Gasteiger partial charge in [-0.2, -0.15) is 4.98 Å². The molecular formula is C21H28N6O3. The third-order valence-corrected chi connectivity index (χ3v) is 5.42. The Labute approximate surface area is 175 Å². The van der Waals surface area contributed by atoms with Crippen molar-refractivity contribution in [1.82, 2.24) is 15.0 Å². The summed E-state index contributed by atoms with van der Waals surface area (Å²) in [5.41, 5.74) is 2.19. The maximum atomic E-state index is 12.3. The fourth-order valence-electron chi connectivity index (χ4n) is 3.36. The van der Waals surface area contributed by atoms with Crippen LogP contribution in [0.5, 0.6) is 0 Å². The van der Waals surface area contributed by atoms with Crippen LogP contribution in [0.15, 0.2) is 22.7 Å².